The van der Waals surface area contributed by atoms with Gasteiger partial charge in [-0.05, 0) is 55.8 Å². The van der Waals surface area contributed by atoms with Gasteiger partial charge in [0.15, 0.2) is 0 Å². The standard InChI is InChI=1S/C14H19NO/c1-2-14(10-15-9-1)16-13-7-5-12(6-8-13)11-3-4-11/h5-8,11,14-15H,1-4,9-10H2. The van der Waals surface area contributed by atoms with E-state index in [1.165, 1.54) is 31.2 Å². The summed E-state index contributed by atoms with van der Waals surface area (Å²) >= 11 is 0. The summed E-state index contributed by atoms with van der Waals surface area (Å²) < 4.78 is 5.95. The number of nitrogens with one attached hydrogen (secondary N) is 1. The van der Waals surface area contributed by atoms with E-state index in [1.54, 1.807) is 0 Å². The molecule has 2 nitrogen and oxygen atoms in total. The van der Waals surface area contributed by atoms with Gasteiger partial charge in [-0.1, -0.05) is 12.1 Å². The molecule has 1 saturated heterocycles. The lowest BCUT2D eigenvalue weighted by Gasteiger charge is -2.24. The van der Waals surface area contributed by atoms with Crippen LogP contribution in [0.2, 0.25) is 0 Å². The summed E-state index contributed by atoms with van der Waals surface area (Å²) in [5, 5.41) is 3.37. The van der Waals surface area contributed by atoms with Gasteiger partial charge in [0.2, 0.25) is 0 Å². The highest BCUT2D eigenvalue weighted by molar-refractivity contribution is 5.31. The van der Waals surface area contributed by atoms with Gasteiger partial charge < -0.3 is 10.1 Å². The molecule has 0 bridgehead atoms. The van der Waals surface area contributed by atoms with Gasteiger partial charge in [0.05, 0.1) is 0 Å². The normalized spacial score (nSPS) is 25.4. The average molecular weight is 217 g/mol. The Bertz CT molecular complexity index is 336. The molecule has 1 aromatic carbocycles. The molecule has 86 valence electrons. The molecule has 2 aliphatic rings. The van der Waals surface area contributed by atoms with Gasteiger partial charge in [0.1, 0.15) is 11.9 Å². The van der Waals surface area contributed by atoms with Crippen LogP contribution in [0.5, 0.6) is 5.75 Å². The minimum atomic E-state index is 0.362. The van der Waals surface area contributed by atoms with Crippen LogP contribution >= 0.6 is 0 Å². The summed E-state index contributed by atoms with van der Waals surface area (Å²) in [6, 6.07) is 8.71. The second-order valence-electron chi connectivity index (χ2n) is 4.93. The van der Waals surface area contributed by atoms with Gasteiger partial charge in [-0.2, -0.15) is 0 Å². The minimum Gasteiger partial charge on any atom is -0.489 e. The van der Waals surface area contributed by atoms with Crippen molar-refractivity contribution in [2.24, 2.45) is 0 Å². The van der Waals surface area contributed by atoms with Gasteiger partial charge in [-0.3, -0.25) is 0 Å². The Kier molecular flexibility index (Phi) is 2.83. The molecule has 1 aliphatic carbocycles. The molecule has 1 unspecified atom stereocenters. The summed E-state index contributed by atoms with van der Waals surface area (Å²) in [6.07, 6.45) is 5.50. The first kappa shape index (κ1) is 10.2. The quantitative estimate of drug-likeness (QED) is 0.840. The summed E-state index contributed by atoms with van der Waals surface area (Å²) in [7, 11) is 0. The zero-order chi connectivity index (χ0) is 10.8. The molecular weight excluding hydrogens is 198 g/mol. The van der Waals surface area contributed by atoms with Crippen molar-refractivity contribution >= 4 is 0 Å². The van der Waals surface area contributed by atoms with Crippen LogP contribution in [0.25, 0.3) is 0 Å². The lowest BCUT2D eigenvalue weighted by Crippen LogP contribution is -2.37. The summed E-state index contributed by atoms with van der Waals surface area (Å²) in [4.78, 5) is 0. The van der Waals surface area contributed by atoms with Crippen LogP contribution in [0.1, 0.15) is 37.2 Å². The molecule has 0 amide bonds. The third kappa shape index (κ3) is 2.38. The third-order valence-corrected chi connectivity index (χ3v) is 3.48. The third-order valence-electron chi connectivity index (χ3n) is 3.48. The lowest BCUT2D eigenvalue weighted by atomic mass is 10.1. The summed E-state index contributed by atoms with van der Waals surface area (Å²) in [5.74, 6) is 1.86. The topological polar surface area (TPSA) is 21.3 Å². The van der Waals surface area contributed by atoms with Crippen LogP contribution in [0, 0.1) is 0 Å². The van der Waals surface area contributed by atoms with Crippen molar-refractivity contribution in [2.45, 2.75) is 37.7 Å². The number of hydrogen-bond donors (Lipinski definition) is 1. The van der Waals surface area contributed by atoms with Crippen molar-refractivity contribution in [2.75, 3.05) is 13.1 Å². The molecule has 2 heteroatoms. The van der Waals surface area contributed by atoms with E-state index >= 15 is 0 Å². The first-order valence-corrected chi connectivity index (χ1v) is 6.39. The molecule has 1 atom stereocenters. The maximum absolute atomic E-state index is 5.95. The monoisotopic (exact) mass is 217 g/mol. The van der Waals surface area contributed by atoms with Crippen LogP contribution in [-0.2, 0) is 0 Å². The van der Waals surface area contributed by atoms with E-state index in [9.17, 15) is 0 Å². The molecule has 2 fully saturated rings. The van der Waals surface area contributed by atoms with Gasteiger partial charge in [0, 0.05) is 6.54 Å². The van der Waals surface area contributed by atoms with Crippen molar-refractivity contribution in [3.63, 3.8) is 0 Å². The van der Waals surface area contributed by atoms with E-state index in [0.29, 0.717) is 6.10 Å². The lowest BCUT2D eigenvalue weighted by molar-refractivity contribution is 0.167. The molecular formula is C14H19NO. The number of benzene rings is 1. The largest absolute Gasteiger partial charge is 0.489 e. The van der Waals surface area contributed by atoms with Crippen LogP contribution in [0.4, 0.5) is 0 Å². The van der Waals surface area contributed by atoms with Crippen molar-refractivity contribution in [3.05, 3.63) is 29.8 Å². The number of hydrogen-bond acceptors (Lipinski definition) is 2. The van der Waals surface area contributed by atoms with E-state index in [-0.39, 0.29) is 0 Å². The van der Waals surface area contributed by atoms with Crippen molar-refractivity contribution < 1.29 is 4.74 Å². The Morgan fingerprint density at radius 1 is 1.06 bits per heavy atom. The van der Waals surface area contributed by atoms with Gasteiger partial charge in [-0.15, -0.1) is 0 Å². The smallest absolute Gasteiger partial charge is 0.119 e. The minimum absolute atomic E-state index is 0.362. The number of ether oxygens (including phenoxy) is 1. The van der Waals surface area contributed by atoms with Gasteiger partial charge >= 0.3 is 0 Å². The van der Waals surface area contributed by atoms with Crippen molar-refractivity contribution in [1.29, 1.82) is 0 Å². The van der Waals surface area contributed by atoms with Crippen LogP contribution in [-0.4, -0.2) is 19.2 Å². The first-order valence-electron chi connectivity index (χ1n) is 6.39. The SMILES string of the molecule is c1cc(C2CC2)ccc1OC1CCCNC1. The van der Waals surface area contributed by atoms with Crippen LogP contribution in [0.3, 0.4) is 0 Å². The van der Waals surface area contributed by atoms with Crippen LogP contribution in [0.15, 0.2) is 24.3 Å². The van der Waals surface area contributed by atoms with Crippen molar-refractivity contribution in [1.82, 2.24) is 5.32 Å². The second-order valence-corrected chi connectivity index (χ2v) is 4.93. The summed E-state index contributed by atoms with van der Waals surface area (Å²) in [5.41, 5.74) is 1.48. The maximum atomic E-state index is 5.95. The molecule has 0 spiro atoms. The molecule has 1 heterocycles. The predicted molar refractivity (Wildman–Crippen MR) is 64.9 cm³/mol. The van der Waals surface area contributed by atoms with E-state index < -0.39 is 0 Å². The number of piperidine rings is 1. The van der Waals surface area contributed by atoms with Gasteiger partial charge in [0.25, 0.3) is 0 Å². The van der Waals surface area contributed by atoms with Gasteiger partial charge in [-0.25, -0.2) is 0 Å². The zero-order valence-electron chi connectivity index (χ0n) is 9.61. The molecule has 0 radical (unpaired) electrons. The molecule has 1 saturated carbocycles. The Morgan fingerprint density at radius 2 is 1.88 bits per heavy atom. The Hall–Kier alpha value is -1.02. The Labute approximate surface area is 97.0 Å². The van der Waals surface area contributed by atoms with E-state index in [4.69, 9.17) is 4.74 Å². The highest BCUT2D eigenvalue weighted by Gasteiger charge is 2.23. The molecule has 0 aromatic heterocycles. The molecule has 1 aliphatic heterocycles. The molecule has 1 N–H and O–H groups in total. The first-order chi connectivity index (χ1) is 7.92. The Morgan fingerprint density at radius 3 is 2.50 bits per heavy atom. The second kappa shape index (κ2) is 4.46. The Balaban J connectivity index is 1.60. The van der Waals surface area contributed by atoms with Crippen molar-refractivity contribution in [3.8, 4) is 5.75 Å². The fourth-order valence-electron chi connectivity index (χ4n) is 2.35. The van der Waals surface area contributed by atoms with E-state index in [1.807, 2.05) is 0 Å². The highest BCUT2D eigenvalue weighted by atomic mass is 16.5. The fraction of sp³-hybridized carbons (Fsp3) is 0.571. The highest BCUT2D eigenvalue weighted by Crippen LogP contribution is 2.40. The molecule has 3 rings (SSSR count). The number of rotatable bonds is 3. The van der Waals surface area contributed by atoms with E-state index in [0.717, 1.165) is 24.8 Å². The molecule has 1 aromatic rings. The molecule has 16 heavy (non-hydrogen) atoms. The fourth-order valence-corrected chi connectivity index (χ4v) is 2.35. The van der Waals surface area contributed by atoms with E-state index in [2.05, 4.69) is 29.6 Å². The maximum Gasteiger partial charge on any atom is 0.119 e. The predicted octanol–water partition coefficient (Wildman–Crippen LogP) is 2.69. The zero-order valence-corrected chi connectivity index (χ0v) is 9.61. The summed E-state index contributed by atoms with van der Waals surface area (Å²) in [6.45, 7) is 2.13. The van der Waals surface area contributed by atoms with Crippen LogP contribution < -0.4 is 10.1 Å². The average Bonchev–Trinajstić information content (AvgIpc) is 3.15.